The summed E-state index contributed by atoms with van der Waals surface area (Å²) in [5, 5.41) is 4.52. The van der Waals surface area contributed by atoms with Gasteiger partial charge in [0.15, 0.2) is 0 Å². The van der Waals surface area contributed by atoms with Crippen LogP contribution in [0.4, 0.5) is 5.82 Å². The first kappa shape index (κ1) is 14.0. The highest BCUT2D eigenvalue weighted by atomic mass is 35.5. The van der Waals surface area contributed by atoms with Crippen LogP contribution >= 0.6 is 23.4 Å². The Morgan fingerprint density at radius 2 is 2.33 bits per heavy atom. The van der Waals surface area contributed by atoms with E-state index < -0.39 is 0 Å². The minimum atomic E-state index is 0.514. The summed E-state index contributed by atoms with van der Waals surface area (Å²) in [4.78, 5) is 6.87. The molecule has 2 rings (SSSR count). The molecule has 1 fully saturated rings. The van der Waals surface area contributed by atoms with Crippen molar-refractivity contribution in [1.82, 2.24) is 10.3 Å². The highest BCUT2D eigenvalue weighted by molar-refractivity contribution is 8.00. The second-order valence-corrected chi connectivity index (χ2v) is 6.57. The third-order valence-electron chi connectivity index (χ3n) is 3.47. The van der Waals surface area contributed by atoms with Gasteiger partial charge in [0.25, 0.3) is 0 Å². The zero-order valence-corrected chi connectivity index (χ0v) is 12.7. The van der Waals surface area contributed by atoms with E-state index in [1.807, 2.05) is 18.8 Å². The van der Waals surface area contributed by atoms with Crippen molar-refractivity contribution in [1.29, 1.82) is 0 Å². The van der Waals surface area contributed by atoms with Gasteiger partial charge >= 0.3 is 0 Å². The first-order chi connectivity index (χ1) is 8.63. The Bertz CT molecular complexity index is 413. The number of thioether (sulfide) groups is 1. The normalized spacial score (nSPS) is 24.3. The second-order valence-electron chi connectivity index (χ2n) is 4.67. The predicted octanol–water partition coefficient (Wildman–Crippen LogP) is 2.78. The van der Waals surface area contributed by atoms with Crippen LogP contribution in [0.25, 0.3) is 0 Å². The summed E-state index contributed by atoms with van der Waals surface area (Å²) < 4.78 is 0. The van der Waals surface area contributed by atoms with Crippen LogP contribution < -0.4 is 10.2 Å². The Morgan fingerprint density at radius 1 is 1.56 bits per heavy atom. The molecule has 0 radical (unpaired) electrons. The number of pyridine rings is 1. The number of aromatic nitrogens is 1. The summed E-state index contributed by atoms with van der Waals surface area (Å²) in [6.07, 6.45) is 1.77. The molecule has 0 aliphatic carbocycles. The van der Waals surface area contributed by atoms with Crippen molar-refractivity contribution in [3.8, 4) is 0 Å². The Balaban J connectivity index is 2.24. The lowest BCUT2D eigenvalue weighted by Crippen LogP contribution is -2.45. The summed E-state index contributed by atoms with van der Waals surface area (Å²) >= 11 is 8.19. The molecule has 0 saturated carbocycles. The van der Waals surface area contributed by atoms with Crippen LogP contribution in [0.3, 0.4) is 0 Å². The Morgan fingerprint density at radius 3 is 3.06 bits per heavy atom. The monoisotopic (exact) mass is 285 g/mol. The summed E-state index contributed by atoms with van der Waals surface area (Å²) in [7, 11) is 1.93. The van der Waals surface area contributed by atoms with E-state index in [1.165, 1.54) is 0 Å². The average molecular weight is 286 g/mol. The number of halogens is 1. The number of hydrogen-bond donors (Lipinski definition) is 1. The molecule has 5 heteroatoms. The van der Waals surface area contributed by atoms with Crippen LogP contribution in [-0.2, 0) is 6.54 Å². The highest BCUT2D eigenvalue weighted by Crippen LogP contribution is 2.29. The lowest BCUT2D eigenvalue weighted by atomic mass is 10.2. The zero-order chi connectivity index (χ0) is 13.1. The molecule has 100 valence electrons. The van der Waals surface area contributed by atoms with E-state index in [2.05, 4.69) is 35.1 Å². The molecule has 1 aromatic rings. The SMILES string of the molecule is CNCc1cc(N2CCSC(C)C2C)ncc1Cl. The summed E-state index contributed by atoms with van der Waals surface area (Å²) in [6.45, 7) is 6.39. The summed E-state index contributed by atoms with van der Waals surface area (Å²) in [5.74, 6) is 2.21. The van der Waals surface area contributed by atoms with Gasteiger partial charge in [-0.3, -0.25) is 0 Å². The fourth-order valence-electron chi connectivity index (χ4n) is 2.21. The molecule has 0 bridgehead atoms. The largest absolute Gasteiger partial charge is 0.352 e. The van der Waals surface area contributed by atoms with Crippen LogP contribution in [0.5, 0.6) is 0 Å². The van der Waals surface area contributed by atoms with E-state index in [1.54, 1.807) is 6.20 Å². The molecule has 1 aromatic heterocycles. The van der Waals surface area contributed by atoms with Gasteiger partial charge < -0.3 is 10.2 Å². The first-order valence-corrected chi connectivity index (χ1v) is 7.73. The van der Waals surface area contributed by atoms with E-state index in [4.69, 9.17) is 11.6 Å². The highest BCUT2D eigenvalue weighted by Gasteiger charge is 2.26. The fraction of sp³-hybridized carbons (Fsp3) is 0.615. The number of hydrogen-bond acceptors (Lipinski definition) is 4. The van der Waals surface area contributed by atoms with Gasteiger partial charge in [-0.25, -0.2) is 4.98 Å². The third-order valence-corrected chi connectivity index (χ3v) is 5.14. The van der Waals surface area contributed by atoms with Crippen molar-refractivity contribution in [3.63, 3.8) is 0 Å². The third kappa shape index (κ3) is 2.92. The van der Waals surface area contributed by atoms with Crippen molar-refractivity contribution >= 4 is 29.2 Å². The van der Waals surface area contributed by atoms with E-state index in [0.717, 1.165) is 35.2 Å². The maximum absolute atomic E-state index is 6.15. The van der Waals surface area contributed by atoms with Gasteiger partial charge in [-0.15, -0.1) is 0 Å². The molecule has 1 N–H and O–H groups in total. The molecule has 2 heterocycles. The maximum atomic E-state index is 6.15. The molecule has 0 spiro atoms. The molecule has 0 amide bonds. The van der Waals surface area contributed by atoms with Crippen LogP contribution in [0, 0.1) is 0 Å². The van der Waals surface area contributed by atoms with Crippen LogP contribution in [0.15, 0.2) is 12.3 Å². The minimum absolute atomic E-state index is 0.514. The number of nitrogens with one attached hydrogen (secondary N) is 1. The van der Waals surface area contributed by atoms with Gasteiger partial charge in [-0.1, -0.05) is 18.5 Å². The molecule has 18 heavy (non-hydrogen) atoms. The van der Waals surface area contributed by atoms with E-state index in [9.17, 15) is 0 Å². The molecule has 2 atom stereocenters. The lowest BCUT2D eigenvalue weighted by molar-refractivity contribution is 0.619. The Kier molecular flexibility index (Phi) is 4.76. The Hall–Kier alpha value is -0.450. The first-order valence-electron chi connectivity index (χ1n) is 6.30. The fourth-order valence-corrected chi connectivity index (χ4v) is 3.48. The van der Waals surface area contributed by atoms with Gasteiger partial charge in [0, 0.05) is 36.3 Å². The molecule has 1 saturated heterocycles. The number of rotatable bonds is 3. The molecule has 1 aliphatic heterocycles. The second kappa shape index (κ2) is 6.13. The number of nitrogens with zero attached hydrogens (tertiary/aromatic N) is 2. The zero-order valence-electron chi connectivity index (χ0n) is 11.1. The molecular formula is C13H20ClN3S. The molecule has 0 aromatic carbocycles. The molecular weight excluding hydrogens is 266 g/mol. The summed E-state index contributed by atoms with van der Waals surface area (Å²) in [6, 6.07) is 2.62. The van der Waals surface area contributed by atoms with Crippen molar-refractivity contribution in [2.45, 2.75) is 31.7 Å². The van der Waals surface area contributed by atoms with Crippen LogP contribution in [0.2, 0.25) is 5.02 Å². The van der Waals surface area contributed by atoms with Crippen molar-refractivity contribution in [3.05, 3.63) is 22.8 Å². The molecule has 3 nitrogen and oxygen atoms in total. The molecule has 2 unspecified atom stereocenters. The van der Waals surface area contributed by atoms with E-state index >= 15 is 0 Å². The topological polar surface area (TPSA) is 28.2 Å². The van der Waals surface area contributed by atoms with Gasteiger partial charge in [-0.2, -0.15) is 11.8 Å². The van der Waals surface area contributed by atoms with Crippen molar-refractivity contribution in [2.75, 3.05) is 24.2 Å². The van der Waals surface area contributed by atoms with Crippen LogP contribution in [0.1, 0.15) is 19.4 Å². The minimum Gasteiger partial charge on any atom is -0.352 e. The van der Waals surface area contributed by atoms with Crippen molar-refractivity contribution < 1.29 is 0 Å². The lowest BCUT2D eigenvalue weighted by Gasteiger charge is -2.38. The average Bonchev–Trinajstić information content (AvgIpc) is 2.36. The standard InChI is InChI=1S/C13H20ClN3S/c1-9-10(2)18-5-4-17(9)13-6-11(7-15-3)12(14)8-16-13/h6,8-10,15H,4-5,7H2,1-3H3. The van der Waals surface area contributed by atoms with Crippen molar-refractivity contribution in [2.24, 2.45) is 0 Å². The van der Waals surface area contributed by atoms with Gasteiger partial charge in [0.2, 0.25) is 0 Å². The summed E-state index contributed by atoms with van der Waals surface area (Å²) in [5.41, 5.74) is 1.11. The van der Waals surface area contributed by atoms with Gasteiger partial charge in [0.05, 0.1) is 5.02 Å². The van der Waals surface area contributed by atoms with Gasteiger partial charge in [0.1, 0.15) is 5.82 Å². The van der Waals surface area contributed by atoms with E-state index in [-0.39, 0.29) is 0 Å². The van der Waals surface area contributed by atoms with Gasteiger partial charge in [-0.05, 0) is 25.6 Å². The quantitative estimate of drug-likeness (QED) is 0.924. The Labute approximate surface area is 118 Å². The predicted molar refractivity (Wildman–Crippen MR) is 80.7 cm³/mol. The molecule has 1 aliphatic rings. The van der Waals surface area contributed by atoms with E-state index in [0.29, 0.717) is 11.3 Å². The number of anilines is 1. The van der Waals surface area contributed by atoms with Crippen LogP contribution in [-0.4, -0.2) is 35.6 Å². The smallest absolute Gasteiger partial charge is 0.129 e. The maximum Gasteiger partial charge on any atom is 0.129 e.